The second kappa shape index (κ2) is 16.5. The average molecular weight is 773 g/mol. The van der Waals surface area contributed by atoms with Crippen molar-refractivity contribution in [3.05, 3.63) is 58.7 Å². The van der Waals surface area contributed by atoms with E-state index in [1.807, 2.05) is 20.8 Å². The number of alkyl carbamates (subject to hydrolysis) is 1. The van der Waals surface area contributed by atoms with E-state index in [0.717, 1.165) is 13.8 Å². The number of amides is 1. The van der Waals surface area contributed by atoms with Gasteiger partial charge >= 0.3 is 13.9 Å². The van der Waals surface area contributed by atoms with Gasteiger partial charge in [0.05, 0.1) is 32.7 Å². The van der Waals surface area contributed by atoms with Crippen molar-refractivity contribution >= 4 is 29.6 Å². The number of sulfonamides is 1. The molecular weight excluding hydrogens is 705 g/mol. The lowest BCUT2D eigenvalue weighted by Crippen LogP contribution is -2.68. The Morgan fingerprint density at radius 3 is 2.21 bits per heavy atom. The highest BCUT2D eigenvalue weighted by molar-refractivity contribution is 7.89. The van der Waals surface area contributed by atoms with Gasteiger partial charge in [-0.15, -0.1) is 0 Å². The van der Waals surface area contributed by atoms with Crippen LogP contribution in [0.1, 0.15) is 117 Å². The molecule has 294 valence electrons. The van der Waals surface area contributed by atoms with Crippen LogP contribution in [-0.2, 0) is 28.6 Å². The third-order valence-electron chi connectivity index (χ3n) is 10.7. The summed E-state index contributed by atoms with van der Waals surface area (Å²) < 4.78 is 105. The standard InChI is InChI=1S/C38H62N3O9PS/c1-14-31(22(2)3)37(11,12)41(52(46,47)34-20-19-32(39)25(6)26(34)7)28(9)35(50-51(43,44)45)38(13,27(8)30-18-16-15-17-23(30)4)40-36(42)49-33-21-24(5)48-29(33)10/h15-20,22,24,27-29,31,33,35H,14,21,39H2,1-13H3,(H,40,42)(H2,43,44,45)/t24?,27?,28?,29?,31?,33-,35+,38-/m0/s1/i21D2,24D,29D,33D. The normalized spacial score (nSPS) is 28.8. The quantitative estimate of drug-likeness (QED) is 0.106. The maximum absolute atomic E-state index is 15.3. The van der Waals surface area contributed by atoms with E-state index in [2.05, 4.69) is 5.32 Å². The summed E-state index contributed by atoms with van der Waals surface area (Å²) in [6.07, 6.45) is -14.2. The molecule has 1 fully saturated rings. The summed E-state index contributed by atoms with van der Waals surface area (Å²) in [4.78, 5) is 35.3. The summed E-state index contributed by atoms with van der Waals surface area (Å²) in [5.41, 5.74) is 5.32. The molecule has 0 aromatic heterocycles. The zero-order valence-corrected chi connectivity index (χ0v) is 34.4. The Bertz CT molecular complexity index is 1980. The Labute approximate surface area is 318 Å². The highest BCUT2D eigenvalue weighted by Gasteiger charge is 2.55. The van der Waals surface area contributed by atoms with Crippen molar-refractivity contribution in [2.75, 3.05) is 5.73 Å². The van der Waals surface area contributed by atoms with Gasteiger partial charge in [0.25, 0.3) is 0 Å². The molecule has 1 aliphatic heterocycles. The molecule has 0 radical (unpaired) electrons. The van der Waals surface area contributed by atoms with E-state index in [1.54, 1.807) is 65.8 Å². The van der Waals surface area contributed by atoms with Crippen LogP contribution in [0.5, 0.6) is 0 Å². The van der Waals surface area contributed by atoms with Gasteiger partial charge in [-0.3, -0.25) is 4.52 Å². The van der Waals surface area contributed by atoms with Gasteiger partial charge in [-0.1, -0.05) is 58.4 Å². The number of ether oxygens (including phenoxy) is 2. The van der Waals surface area contributed by atoms with E-state index in [0.29, 0.717) is 34.4 Å². The average Bonchev–Trinajstić information content (AvgIpc) is 3.13. The SMILES string of the molecule is [2H]C1(C)OC([2H])(C)[C@@]([2H])(OC(=O)N[C@@](C)(C(C)c2ccccc2C)[C@H](OP(=O)(O)O)C(C)N(C(C)(C)C(CC)C(C)C)S(=O)(=O)c2ccc(N)c(C)c2C)C1([2H])[2H]. The number of nitrogens with one attached hydrogen (secondary N) is 1. The number of phosphoric ester groups is 1. The van der Waals surface area contributed by atoms with E-state index in [-0.39, 0.29) is 16.7 Å². The van der Waals surface area contributed by atoms with Crippen LogP contribution in [0.3, 0.4) is 0 Å². The minimum atomic E-state index is -5.55. The smallest absolute Gasteiger partial charge is 0.443 e. The number of nitrogens with two attached hydrogens (primary N) is 1. The Morgan fingerprint density at radius 2 is 1.71 bits per heavy atom. The Morgan fingerprint density at radius 1 is 1.12 bits per heavy atom. The van der Waals surface area contributed by atoms with Crippen LogP contribution in [0.4, 0.5) is 10.5 Å². The highest BCUT2D eigenvalue weighted by Crippen LogP contribution is 2.48. The lowest BCUT2D eigenvalue weighted by molar-refractivity contribution is -0.0306. The first kappa shape index (κ1) is 36.5. The molecule has 8 atom stereocenters. The molecule has 5 unspecified atom stereocenters. The van der Waals surface area contributed by atoms with Crippen molar-refractivity contribution in [2.24, 2.45) is 11.8 Å². The van der Waals surface area contributed by atoms with Gasteiger partial charge in [0, 0.05) is 26.3 Å². The number of benzene rings is 2. The Balaban J connectivity index is 2.45. The van der Waals surface area contributed by atoms with Crippen LogP contribution in [-0.4, -0.2) is 70.1 Å². The molecule has 0 bridgehead atoms. The molecule has 14 heteroatoms. The number of rotatable bonds is 15. The molecule has 0 aliphatic carbocycles. The van der Waals surface area contributed by atoms with E-state index >= 15 is 8.42 Å². The second-order valence-electron chi connectivity index (χ2n) is 14.9. The number of carbonyl (C=O) groups is 1. The summed E-state index contributed by atoms with van der Waals surface area (Å²) in [5.74, 6) is -1.39. The van der Waals surface area contributed by atoms with Crippen molar-refractivity contribution in [3.63, 3.8) is 0 Å². The Kier molecular flexibility index (Phi) is 11.5. The number of hydrogen-bond donors (Lipinski definition) is 4. The molecule has 52 heavy (non-hydrogen) atoms. The van der Waals surface area contributed by atoms with Crippen molar-refractivity contribution in [1.82, 2.24) is 9.62 Å². The van der Waals surface area contributed by atoms with Crippen LogP contribution >= 0.6 is 7.82 Å². The number of anilines is 1. The second-order valence-corrected chi connectivity index (χ2v) is 17.9. The highest BCUT2D eigenvalue weighted by atomic mass is 32.2. The molecule has 1 aliphatic rings. The summed E-state index contributed by atoms with van der Waals surface area (Å²) >= 11 is 0. The maximum atomic E-state index is 15.3. The number of hydrogen-bond acceptors (Lipinski definition) is 8. The molecule has 0 spiro atoms. The lowest BCUT2D eigenvalue weighted by Gasteiger charge is -2.52. The fourth-order valence-electron chi connectivity index (χ4n) is 7.98. The first-order valence-corrected chi connectivity index (χ1v) is 20.5. The van der Waals surface area contributed by atoms with Crippen LogP contribution in [0.25, 0.3) is 0 Å². The zero-order valence-electron chi connectivity index (χ0n) is 37.7. The van der Waals surface area contributed by atoms with Crippen molar-refractivity contribution in [2.45, 2.75) is 155 Å². The van der Waals surface area contributed by atoms with E-state index in [9.17, 15) is 19.1 Å². The molecule has 2 aromatic carbocycles. The molecule has 5 N–H and O–H groups in total. The third kappa shape index (κ3) is 9.22. The number of aryl methyl sites for hydroxylation is 1. The monoisotopic (exact) mass is 772 g/mol. The van der Waals surface area contributed by atoms with Gasteiger partial charge in [-0.2, -0.15) is 4.31 Å². The van der Waals surface area contributed by atoms with Crippen LogP contribution in [0.15, 0.2) is 41.3 Å². The molecule has 1 saturated heterocycles. The summed E-state index contributed by atoms with van der Waals surface area (Å²) in [6.45, 7) is 20.8. The van der Waals surface area contributed by atoms with Crippen molar-refractivity contribution in [3.8, 4) is 0 Å². The molecule has 3 rings (SSSR count). The lowest BCUT2D eigenvalue weighted by atomic mass is 9.73. The third-order valence-corrected chi connectivity index (χ3v) is 13.5. The van der Waals surface area contributed by atoms with Crippen molar-refractivity contribution < 1.29 is 48.4 Å². The molecular formula is C38H62N3O9PS. The van der Waals surface area contributed by atoms with Gasteiger partial charge in [-0.25, -0.2) is 17.8 Å². The van der Waals surface area contributed by atoms with Gasteiger partial charge in [0.1, 0.15) is 12.2 Å². The van der Waals surface area contributed by atoms with E-state index in [4.69, 9.17) is 26.6 Å². The van der Waals surface area contributed by atoms with E-state index in [1.165, 1.54) is 30.3 Å². The molecule has 1 heterocycles. The summed E-state index contributed by atoms with van der Waals surface area (Å²) in [5, 5.41) is 2.61. The number of nitrogens with zero attached hydrogens (tertiary/aromatic N) is 1. The summed E-state index contributed by atoms with van der Waals surface area (Å²) in [6, 6.07) is 8.33. The van der Waals surface area contributed by atoms with Gasteiger partial charge in [0.15, 0.2) is 0 Å². The van der Waals surface area contributed by atoms with Gasteiger partial charge < -0.3 is 30.3 Å². The molecule has 0 saturated carbocycles. The van der Waals surface area contributed by atoms with Gasteiger partial charge in [-0.05, 0) is 109 Å². The predicted molar refractivity (Wildman–Crippen MR) is 204 cm³/mol. The first-order chi connectivity index (χ1) is 25.6. The summed E-state index contributed by atoms with van der Waals surface area (Å²) in [7, 11) is -10.2. The minimum Gasteiger partial charge on any atom is -0.443 e. The Hall–Kier alpha value is -2.51. The largest absolute Gasteiger partial charge is 0.469 e. The zero-order chi connectivity index (χ0) is 44.3. The predicted octanol–water partition coefficient (Wildman–Crippen LogP) is 7.37. The van der Waals surface area contributed by atoms with Crippen LogP contribution < -0.4 is 11.1 Å². The molecule has 2 aromatic rings. The maximum Gasteiger partial charge on any atom is 0.469 e. The fourth-order valence-corrected chi connectivity index (χ4v) is 11.0. The van der Waals surface area contributed by atoms with Crippen LogP contribution in [0, 0.1) is 32.6 Å². The number of nitrogen functional groups attached to an aromatic ring is 1. The fraction of sp³-hybridized carbons (Fsp3) is 0.658. The number of carbonyl (C=O) groups excluding carboxylic acids is 1. The molecule has 12 nitrogen and oxygen atoms in total. The molecule has 1 amide bonds. The van der Waals surface area contributed by atoms with Crippen molar-refractivity contribution in [1.29, 1.82) is 0 Å². The first-order valence-electron chi connectivity index (χ1n) is 20.0. The van der Waals surface area contributed by atoms with Crippen LogP contribution in [0.2, 0.25) is 0 Å². The minimum absolute atomic E-state index is 0.0885. The van der Waals surface area contributed by atoms with Gasteiger partial charge in [0.2, 0.25) is 10.0 Å². The van der Waals surface area contributed by atoms with E-state index < -0.39 is 77.7 Å². The number of phosphoric acid groups is 1. The topological polar surface area (TPSA) is 178 Å².